The van der Waals surface area contributed by atoms with Crippen molar-refractivity contribution in [3.05, 3.63) is 11.1 Å². The van der Waals surface area contributed by atoms with Crippen molar-refractivity contribution in [2.45, 2.75) is 32.6 Å². The molecule has 1 aromatic rings. The van der Waals surface area contributed by atoms with Crippen molar-refractivity contribution in [2.75, 3.05) is 51.3 Å². The molecule has 0 aliphatic carbocycles. The van der Waals surface area contributed by atoms with Gasteiger partial charge in [-0.15, -0.1) is 11.3 Å². The zero-order chi connectivity index (χ0) is 16.3. The molecule has 0 amide bonds. The van der Waals surface area contributed by atoms with E-state index in [0.717, 1.165) is 58.1 Å². The molecule has 1 aliphatic rings. The highest BCUT2D eigenvalue weighted by Crippen LogP contribution is 2.24. The Morgan fingerprint density at radius 1 is 1.39 bits per heavy atom. The predicted molar refractivity (Wildman–Crippen MR) is 97.7 cm³/mol. The number of ether oxygens (including phenoxy) is 1. The molecule has 1 fully saturated rings. The molecule has 0 atom stereocenters. The standard InChI is InChI=1S/C16H29N5OS/c1-3-17-15(18-8-6-12-22-2)19-9-7-14-13-23-16(20-14)21-10-4-5-11-21/h13H,3-12H2,1-2H3,(H2,17,18,19). The Hall–Kier alpha value is -1.34. The molecule has 0 radical (unpaired) electrons. The molecule has 0 spiro atoms. The summed E-state index contributed by atoms with van der Waals surface area (Å²) in [5, 5.41) is 10.00. The average molecular weight is 340 g/mol. The minimum Gasteiger partial charge on any atom is -0.385 e. The summed E-state index contributed by atoms with van der Waals surface area (Å²) in [6, 6.07) is 0. The van der Waals surface area contributed by atoms with E-state index in [-0.39, 0.29) is 0 Å². The molecule has 1 aliphatic heterocycles. The van der Waals surface area contributed by atoms with E-state index in [2.05, 4.69) is 32.8 Å². The average Bonchev–Trinajstić information content (AvgIpc) is 3.22. The maximum atomic E-state index is 5.05. The monoisotopic (exact) mass is 339 g/mol. The Kier molecular flexibility index (Phi) is 8.17. The Balaban J connectivity index is 1.73. The number of methoxy groups -OCH3 is 1. The van der Waals surface area contributed by atoms with Crippen LogP contribution in [0.3, 0.4) is 0 Å². The van der Waals surface area contributed by atoms with Crippen LogP contribution in [0.4, 0.5) is 5.13 Å². The first-order valence-corrected chi connectivity index (χ1v) is 9.42. The first-order chi connectivity index (χ1) is 11.3. The number of nitrogens with zero attached hydrogens (tertiary/aromatic N) is 3. The van der Waals surface area contributed by atoms with Crippen molar-refractivity contribution in [3.63, 3.8) is 0 Å². The van der Waals surface area contributed by atoms with Crippen LogP contribution in [0.1, 0.15) is 31.9 Å². The summed E-state index contributed by atoms with van der Waals surface area (Å²) in [6.07, 6.45) is 4.45. The second-order valence-electron chi connectivity index (χ2n) is 5.60. The largest absolute Gasteiger partial charge is 0.385 e. The molecule has 23 heavy (non-hydrogen) atoms. The second-order valence-corrected chi connectivity index (χ2v) is 6.44. The van der Waals surface area contributed by atoms with E-state index in [1.165, 1.54) is 23.7 Å². The highest BCUT2D eigenvalue weighted by Gasteiger charge is 2.15. The molecule has 130 valence electrons. The van der Waals surface area contributed by atoms with Crippen molar-refractivity contribution in [3.8, 4) is 0 Å². The van der Waals surface area contributed by atoms with Crippen molar-refractivity contribution in [1.82, 2.24) is 15.6 Å². The Morgan fingerprint density at radius 2 is 2.22 bits per heavy atom. The quantitative estimate of drug-likeness (QED) is 0.409. The number of rotatable bonds is 9. The molecule has 0 saturated carbocycles. The molecule has 2 rings (SSSR count). The number of guanidine groups is 1. The van der Waals surface area contributed by atoms with Crippen LogP contribution in [-0.2, 0) is 11.2 Å². The van der Waals surface area contributed by atoms with Gasteiger partial charge in [-0.3, -0.25) is 4.99 Å². The minimum absolute atomic E-state index is 0.751. The third kappa shape index (κ3) is 6.35. The lowest BCUT2D eigenvalue weighted by Gasteiger charge is -2.12. The Morgan fingerprint density at radius 3 is 2.96 bits per heavy atom. The van der Waals surface area contributed by atoms with Crippen LogP contribution in [0.15, 0.2) is 10.4 Å². The van der Waals surface area contributed by atoms with E-state index in [0.29, 0.717) is 0 Å². The van der Waals surface area contributed by atoms with Crippen LogP contribution in [0.25, 0.3) is 0 Å². The molecule has 1 aromatic heterocycles. The van der Waals surface area contributed by atoms with Gasteiger partial charge in [0.1, 0.15) is 0 Å². The maximum Gasteiger partial charge on any atom is 0.191 e. The summed E-state index contributed by atoms with van der Waals surface area (Å²) >= 11 is 1.76. The van der Waals surface area contributed by atoms with Crippen LogP contribution in [0, 0.1) is 0 Å². The number of hydrogen-bond acceptors (Lipinski definition) is 5. The normalized spacial score (nSPS) is 15.2. The molecule has 0 unspecified atom stereocenters. The Bertz CT molecular complexity index is 471. The molecule has 7 heteroatoms. The fourth-order valence-corrected chi connectivity index (χ4v) is 3.43. The summed E-state index contributed by atoms with van der Waals surface area (Å²) in [5.74, 6) is 0.874. The van der Waals surface area contributed by atoms with Gasteiger partial charge in [-0.25, -0.2) is 4.98 Å². The number of thiazole rings is 1. The summed E-state index contributed by atoms with van der Waals surface area (Å²) in [4.78, 5) is 11.7. The summed E-state index contributed by atoms with van der Waals surface area (Å²) < 4.78 is 5.05. The zero-order valence-electron chi connectivity index (χ0n) is 14.3. The summed E-state index contributed by atoms with van der Waals surface area (Å²) in [7, 11) is 1.72. The number of hydrogen-bond donors (Lipinski definition) is 2. The van der Waals surface area contributed by atoms with E-state index in [1.54, 1.807) is 18.4 Å². The van der Waals surface area contributed by atoms with E-state index in [1.807, 2.05) is 0 Å². The molecule has 0 aromatic carbocycles. The predicted octanol–water partition coefficient (Wildman–Crippen LogP) is 1.88. The van der Waals surface area contributed by atoms with Gasteiger partial charge >= 0.3 is 0 Å². The summed E-state index contributed by atoms with van der Waals surface area (Å²) in [6.45, 7) is 7.63. The van der Waals surface area contributed by atoms with Gasteiger partial charge in [-0.05, 0) is 26.2 Å². The number of nitrogens with one attached hydrogen (secondary N) is 2. The first kappa shape index (κ1) is 18.0. The SMILES string of the molecule is CCNC(=NCCCOC)NCCc1csc(N2CCCC2)n1. The molecular weight excluding hydrogens is 310 g/mol. The highest BCUT2D eigenvalue weighted by molar-refractivity contribution is 7.13. The fourth-order valence-electron chi connectivity index (χ4n) is 2.52. The number of anilines is 1. The third-order valence-electron chi connectivity index (χ3n) is 3.71. The van der Waals surface area contributed by atoms with Gasteiger partial charge in [-0.1, -0.05) is 0 Å². The van der Waals surface area contributed by atoms with Gasteiger partial charge in [0.15, 0.2) is 11.1 Å². The van der Waals surface area contributed by atoms with Crippen LogP contribution < -0.4 is 15.5 Å². The maximum absolute atomic E-state index is 5.05. The Labute approximate surface area is 143 Å². The zero-order valence-corrected chi connectivity index (χ0v) is 15.1. The second kappa shape index (κ2) is 10.4. The van der Waals surface area contributed by atoms with E-state index in [9.17, 15) is 0 Å². The number of aliphatic imine (C=N–C) groups is 1. The lowest BCUT2D eigenvalue weighted by atomic mass is 10.3. The van der Waals surface area contributed by atoms with E-state index >= 15 is 0 Å². The van der Waals surface area contributed by atoms with E-state index in [4.69, 9.17) is 9.72 Å². The first-order valence-electron chi connectivity index (χ1n) is 8.54. The molecule has 2 heterocycles. The molecule has 1 saturated heterocycles. The van der Waals surface area contributed by atoms with Gasteiger partial charge in [-0.2, -0.15) is 0 Å². The molecule has 2 N–H and O–H groups in total. The van der Waals surface area contributed by atoms with Gasteiger partial charge in [0.25, 0.3) is 0 Å². The highest BCUT2D eigenvalue weighted by atomic mass is 32.1. The van der Waals surface area contributed by atoms with Crippen molar-refractivity contribution in [1.29, 1.82) is 0 Å². The molecule has 0 bridgehead atoms. The van der Waals surface area contributed by atoms with Gasteiger partial charge in [0.2, 0.25) is 0 Å². The van der Waals surface area contributed by atoms with E-state index < -0.39 is 0 Å². The van der Waals surface area contributed by atoms with Crippen molar-refractivity contribution >= 4 is 22.4 Å². The lowest BCUT2D eigenvalue weighted by molar-refractivity contribution is 0.197. The van der Waals surface area contributed by atoms with Gasteiger partial charge in [0, 0.05) is 58.2 Å². The smallest absolute Gasteiger partial charge is 0.191 e. The fraction of sp³-hybridized carbons (Fsp3) is 0.750. The molecule has 6 nitrogen and oxygen atoms in total. The van der Waals surface area contributed by atoms with Crippen LogP contribution in [-0.4, -0.2) is 57.4 Å². The van der Waals surface area contributed by atoms with Crippen LogP contribution in [0.2, 0.25) is 0 Å². The lowest BCUT2D eigenvalue weighted by Crippen LogP contribution is -2.38. The minimum atomic E-state index is 0.751. The third-order valence-corrected chi connectivity index (χ3v) is 4.66. The summed E-state index contributed by atoms with van der Waals surface area (Å²) in [5.41, 5.74) is 1.17. The van der Waals surface area contributed by atoms with Gasteiger partial charge in [0.05, 0.1) is 5.69 Å². The molecular formula is C16H29N5OS. The van der Waals surface area contributed by atoms with Crippen molar-refractivity contribution < 1.29 is 4.74 Å². The van der Waals surface area contributed by atoms with Gasteiger partial charge < -0.3 is 20.3 Å². The van der Waals surface area contributed by atoms with Crippen LogP contribution >= 0.6 is 11.3 Å². The topological polar surface area (TPSA) is 61.8 Å². The van der Waals surface area contributed by atoms with Crippen molar-refractivity contribution in [2.24, 2.45) is 4.99 Å². The number of aromatic nitrogens is 1. The van der Waals surface area contributed by atoms with Crippen LogP contribution in [0.5, 0.6) is 0 Å².